The Labute approximate surface area is 183 Å². The lowest BCUT2D eigenvalue weighted by Gasteiger charge is -2.09. The van der Waals surface area contributed by atoms with Crippen molar-refractivity contribution in [2.24, 2.45) is 0 Å². The van der Waals surface area contributed by atoms with Gasteiger partial charge in [-0.15, -0.1) is 11.8 Å². The summed E-state index contributed by atoms with van der Waals surface area (Å²) >= 11 is 13.3. The van der Waals surface area contributed by atoms with Crippen LogP contribution in [0.2, 0.25) is 10.0 Å². The van der Waals surface area contributed by atoms with E-state index in [1.165, 1.54) is 18.9 Å². The molecule has 0 aromatic heterocycles. The Morgan fingerprint density at radius 1 is 1.00 bits per heavy atom. The van der Waals surface area contributed by atoms with Gasteiger partial charge in [0.15, 0.2) is 17.3 Å². The number of allylic oxidation sites excluding steroid dienone is 1. The summed E-state index contributed by atoms with van der Waals surface area (Å²) in [6.07, 6.45) is 1.76. The average Bonchev–Trinajstić information content (AvgIpc) is 2.72. The summed E-state index contributed by atoms with van der Waals surface area (Å²) in [5, 5.41) is 11.3. The lowest BCUT2D eigenvalue weighted by Crippen LogP contribution is -2.01. The molecule has 0 saturated heterocycles. The van der Waals surface area contributed by atoms with E-state index in [-0.39, 0.29) is 11.5 Å². The van der Waals surface area contributed by atoms with E-state index in [2.05, 4.69) is 0 Å². The molecule has 0 aliphatic heterocycles. The van der Waals surface area contributed by atoms with Crippen molar-refractivity contribution in [2.75, 3.05) is 7.11 Å². The summed E-state index contributed by atoms with van der Waals surface area (Å²) in [6.45, 7) is 0. The number of ether oxygens (including phenoxy) is 1. The van der Waals surface area contributed by atoms with Gasteiger partial charge < -0.3 is 9.84 Å². The molecule has 0 saturated carbocycles. The van der Waals surface area contributed by atoms with Crippen molar-refractivity contribution < 1.29 is 14.6 Å². The van der Waals surface area contributed by atoms with Gasteiger partial charge in [0.1, 0.15) is 0 Å². The molecule has 3 nitrogen and oxygen atoms in total. The van der Waals surface area contributed by atoms with Crippen LogP contribution in [0.15, 0.2) is 71.6 Å². The quantitative estimate of drug-likeness (QED) is 0.319. The molecule has 3 aromatic carbocycles. The van der Waals surface area contributed by atoms with Gasteiger partial charge in [0.05, 0.1) is 12.0 Å². The van der Waals surface area contributed by atoms with Gasteiger partial charge in [-0.2, -0.15) is 0 Å². The zero-order valence-corrected chi connectivity index (χ0v) is 17.9. The number of phenols is 1. The van der Waals surface area contributed by atoms with Crippen LogP contribution in [0.25, 0.3) is 6.08 Å². The zero-order valence-electron chi connectivity index (χ0n) is 15.6. The Hall–Kier alpha value is -2.40. The van der Waals surface area contributed by atoms with Crippen molar-refractivity contribution in [3.05, 3.63) is 98.4 Å². The third-order valence-corrected chi connectivity index (χ3v) is 5.73. The first-order valence-corrected chi connectivity index (χ1v) is 10.5. The predicted octanol–water partition coefficient (Wildman–Crippen LogP) is 6.86. The Bertz CT molecular complexity index is 1030. The van der Waals surface area contributed by atoms with E-state index in [4.69, 9.17) is 27.9 Å². The van der Waals surface area contributed by atoms with Crippen molar-refractivity contribution in [1.82, 2.24) is 0 Å². The highest BCUT2D eigenvalue weighted by Gasteiger charge is 2.14. The molecule has 0 bridgehead atoms. The third kappa shape index (κ3) is 5.80. The number of hydrogen-bond donors (Lipinski definition) is 1. The molecule has 3 aromatic rings. The van der Waals surface area contributed by atoms with Gasteiger partial charge in [0, 0.05) is 21.4 Å². The fraction of sp³-hybridized carbons (Fsp3) is 0.0870. The summed E-state index contributed by atoms with van der Waals surface area (Å²) in [7, 11) is 1.49. The second-order valence-corrected chi connectivity index (χ2v) is 8.08. The van der Waals surface area contributed by atoms with Crippen LogP contribution >= 0.6 is 35.0 Å². The molecule has 0 atom stereocenters. The summed E-state index contributed by atoms with van der Waals surface area (Å²) in [6, 6.07) is 19.3. The molecule has 29 heavy (non-hydrogen) atoms. The van der Waals surface area contributed by atoms with Crippen molar-refractivity contribution in [3.8, 4) is 11.5 Å². The molecular formula is C23H18Cl2O3S. The van der Waals surface area contributed by atoms with Gasteiger partial charge in [0.2, 0.25) is 0 Å². The number of aromatic hydroxyl groups is 1. The van der Waals surface area contributed by atoms with E-state index in [0.29, 0.717) is 37.6 Å². The summed E-state index contributed by atoms with van der Waals surface area (Å²) in [4.78, 5) is 13.7. The predicted molar refractivity (Wildman–Crippen MR) is 121 cm³/mol. The van der Waals surface area contributed by atoms with E-state index >= 15 is 0 Å². The SMILES string of the molecule is COc1ccc(/C=C(/SCc2ccc(Cl)cc2)C(=O)c2ccc(Cl)cc2)cc1O. The Balaban J connectivity index is 1.91. The van der Waals surface area contributed by atoms with Gasteiger partial charge in [-0.3, -0.25) is 4.79 Å². The van der Waals surface area contributed by atoms with Gasteiger partial charge in [-0.05, 0) is 65.7 Å². The molecule has 0 aliphatic carbocycles. The van der Waals surface area contributed by atoms with Crippen molar-refractivity contribution in [3.63, 3.8) is 0 Å². The number of carbonyl (C=O) groups excluding carboxylic acids is 1. The van der Waals surface area contributed by atoms with Gasteiger partial charge in [-0.25, -0.2) is 0 Å². The van der Waals surface area contributed by atoms with Crippen LogP contribution in [0.1, 0.15) is 21.5 Å². The number of carbonyl (C=O) groups is 1. The van der Waals surface area contributed by atoms with E-state index in [1.807, 2.05) is 24.3 Å². The number of benzene rings is 3. The lowest BCUT2D eigenvalue weighted by molar-refractivity contribution is 0.104. The fourth-order valence-corrected chi connectivity index (χ4v) is 3.84. The third-order valence-electron chi connectivity index (χ3n) is 4.14. The monoisotopic (exact) mass is 444 g/mol. The molecule has 3 rings (SSSR count). The van der Waals surface area contributed by atoms with Crippen LogP contribution in [0.5, 0.6) is 11.5 Å². The maximum Gasteiger partial charge on any atom is 0.199 e. The number of halogens is 2. The molecule has 0 heterocycles. The molecule has 0 fully saturated rings. The number of thioether (sulfide) groups is 1. The van der Waals surface area contributed by atoms with Gasteiger partial charge >= 0.3 is 0 Å². The zero-order chi connectivity index (χ0) is 20.8. The van der Waals surface area contributed by atoms with Crippen LogP contribution in [-0.4, -0.2) is 18.0 Å². The fourth-order valence-electron chi connectivity index (χ4n) is 2.61. The molecule has 0 aliphatic rings. The summed E-state index contributed by atoms with van der Waals surface area (Å²) < 4.78 is 5.08. The molecule has 148 valence electrons. The number of ketones is 1. The van der Waals surface area contributed by atoms with Crippen LogP contribution in [0.4, 0.5) is 0 Å². The number of rotatable bonds is 7. The molecule has 0 radical (unpaired) electrons. The van der Waals surface area contributed by atoms with E-state index in [9.17, 15) is 9.90 Å². The molecular weight excluding hydrogens is 427 g/mol. The van der Waals surface area contributed by atoms with Crippen molar-refractivity contribution in [1.29, 1.82) is 0 Å². The highest BCUT2D eigenvalue weighted by molar-refractivity contribution is 8.03. The van der Waals surface area contributed by atoms with Gasteiger partial charge in [0.25, 0.3) is 0 Å². The largest absolute Gasteiger partial charge is 0.504 e. The molecule has 6 heteroatoms. The minimum Gasteiger partial charge on any atom is -0.504 e. The number of phenolic OH excluding ortho intramolecular Hbond substituents is 1. The maximum absolute atomic E-state index is 13.1. The van der Waals surface area contributed by atoms with Gasteiger partial charge in [-0.1, -0.05) is 41.4 Å². The highest BCUT2D eigenvalue weighted by Crippen LogP contribution is 2.31. The summed E-state index contributed by atoms with van der Waals surface area (Å²) in [5.74, 6) is 0.879. The van der Waals surface area contributed by atoms with Crippen molar-refractivity contribution >= 4 is 46.8 Å². The maximum atomic E-state index is 13.1. The standard InChI is InChI=1S/C23H18Cl2O3S/c1-28-21-11-4-16(12-20(21)26)13-22(23(27)17-5-9-19(25)10-6-17)29-14-15-2-7-18(24)8-3-15/h2-13,26H,14H2,1H3/b22-13+. The van der Waals surface area contributed by atoms with Crippen LogP contribution in [0, 0.1) is 0 Å². The average molecular weight is 445 g/mol. The topological polar surface area (TPSA) is 46.5 Å². The summed E-state index contributed by atoms with van der Waals surface area (Å²) in [5.41, 5.74) is 2.29. The first-order chi connectivity index (χ1) is 14.0. The number of methoxy groups -OCH3 is 1. The lowest BCUT2D eigenvalue weighted by atomic mass is 10.1. The Morgan fingerprint density at radius 3 is 2.21 bits per heavy atom. The minimum absolute atomic E-state index is 0.0160. The van der Waals surface area contributed by atoms with Crippen molar-refractivity contribution in [2.45, 2.75) is 5.75 Å². The molecule has 1 N–H and O–H groups in total. The smallest absolute Gasteiger partial charge is 0.199 e. The normalized spacial score (nSPS) is 11.3. The van der Waals surface area contributed by atoms with E-state index in [1.54, 1.807) is 48.5 Å². The molecule has 0 unspecified atom stereocenters. The first kappa shape index (κ1) is 21.3. The second kappa shape index (κ2) is 9.88. The van der Waals surface area contributed by atoms with Crippen LogP contribution in [0.3, 0.4) is 0 Å². The van der Waals surface area contributed by atoms with E-state index in [0.717, 1.165) is 5.56 Å². The highest BCUT2D eigenvalue weighted by atomic mass is 35.5. The molecule has 0 amide bonds. The Kier molecular flexibility index (Phi) is 7.26. The molecule has 0 spiro atoms. The van der Waals surface area contributed by atoms with Crippen LogP contribution in [-0.2, 0) is 5.75 Å². The first-order valence-electron chi connectivity index (χ1n) is 8.72. The minimum atomic E-state index is -0.115. The van der Waals surface area contributed by atoms with E-state index < -0.39 is 0 Å². The number of Topliss-reactive ketones (excluding diaryl/α,β-unsaturated/α-hetero) is 1. The van der Waals surface area contributed by atoms with Crippen LogP contribution < -0.4 is 4.74 Å². The Morgan fingerprint density at radius 2 is 1.62 bits per heavy atom. The number of hydrogen-bond acceptors (Lipinski definition) is 4. The second-order valence-electron chi connectivity index (χ2n) is 6.19.